The Hall–Kier alpha value is -1.89. The fraction of sp³-hybridized carbons (Fsp3) is 0.286. The van der Waals surface area contributed by atoms with Crippen molar-refractivity contribution in [2.24, 2.45) is 0 Å². The Labute approximate surface area is 176 Å². The first-order chi connectivity index (χ1) is 13.6. The second-order valence-corrected chi connectivity index (χ2v) is 9.15. The lowest BCUT2D eigenvalue weighted by Crippen LogP contribution is -2.30. The Balaban J connectivity index is 1.59. The number of ketones is 1. The van der Waals surface area contributed by atoms with Crippen molar-refractivity contribution in [3.63, 3.8) is 0 Å². The van der Waals surface area contributed by atoms with Gasteiger partial charge in [0.15, 0.2) is 5.78 Å². The van der Waals surface area contributed by atoms with Gasteiger partial charge in [0.25, 0.3) is 0 Å². The smallest absolute Gasteiger partial charge is 0.293 e. The van der Waals surface area contributed by atoms with Gasteiger partial charge in [-0.15, -0.1) is 11.3 Å². The van der Waals surface area contributed by atoms with Gasteiger partial charge >= 0.3 is 5.69 Å². The van der Waals surface area contributed by atoms with Gasteiger partial charge in [-0.3, -0.25) is 9.36 Å². The highest BCUT2D eigenvalue weighted by molar-refractivity contribution is 8.00. The quantitative estimate of drug-likeness (QED) is 0.318. The molecule has 0 amide bonds. The Morgan fingerprint density at radius 2 is 1.96 bits per heavy atom. The summed E-state index contributed by atoms with van der Waals surface area (Å²) in [5.74, 6) is 0.269. The van der Waals surface area contributed by atoms with Crippen molar-refractivity contribution in [1.82, 2.24) is 9.55 Å². The molecule has 4 rings (SSSR count). The van der Waals surface area contributed by atoms with Crippen LogP contribution in [-0.2, 0) is 19.4 Å². The number of hydrogen-bond donors (Lipinski definition) is 0. The number of thioether (sulfide) groups is 1. The second kappa shape index (κ2) is 8.64. The number of rotatable bonds is 6. The maximum atomic E-state index is 12.7. The minimum atomic E-state index is -0.226. The summed E-state index contributed by atoms with van der Waals surface area (Å²) >= 11 is 8.90. The average molecular weight is 431 g/mol. The van der Waals surface area contributed by atoms with Gasteiger partial charge in [0.1, 0.15) is 5.03 Å². The van der Waals surface area contributed by atoms with E-state index in [4.69, 9.17) is 11.6 Å². The molecule has 0 bridgehead atoms. The van der Waals surface area contributed by atoms with Crippen molar-refractivity contribution in [3.05, 3.63) is 79.0 Å². The first-order valence-corrected chi connectivity index (χ1v) is 11.4. The molecule has 0 N–H and O–H groups in total. The van der Waals surface area contributed by atoms with E-state index in [0.29, 0.717) is 22.2 Å². The third-order valence-corrected chi connectivity index (χ3v) is 6.98. The van der Waals surface area contributed by atoms with Gasteiger partial charge in [0.2, 0.25) is 0 Å². The molecule has 0 radical (unpaired) electrons. The summed E-state index contributed by atoms with van der Waals surface area (Å²) in [7, 11) is 0. The molecule has 1 aromatic carbocycles. The highest BCUT2D eigenvalue weighted by Gasteiger charge is 2.21. The molecule has 1 aliphatic carbocycles. The molecule has 28 heavy (non-hydrogen) atoms. The summed E-state index contributed by atoms with van der Waals surface area (Å²) < 4.78 is 1.81. The molecule has 0 spiro atoms. The molecule has 0 aliphatic heterocycles. The van der Waals surface area contributed by atoms with Crippen molar-refractivity contribution in [2.75, 3.05) is 5.75 Å². The van der Waals surface area contributed by atoms with E-state index in [-0.39, 0.29) is 17.2 Å². The molecule has 3 aromatic rings. The molecule has 2 aromatic heterocycles. The molecule has 0 unspecified atom stereocenters. The van der Waals surface area contributed by atoms with Gasteiger partial charge in [0, 0.05) is 26.7 Å². The van der Waals surface area contributed by atoms with Gasteiger partial charge in [-0.25, -0.2) is 4.79 Å². The maximum absolute atomic E-state index is 12.7. The van der Waals surface area contributed by atoms with E-state index in [0.717, 1.165) is 41.8 Å². The van der Waals surface area contributed by atoms with E-state index in [1.165, 1.54) is 11.8 Å². The van der Waals surface area contributed by atoms with Gasteiger partial charge in [-0.2, -0.15) is 4.98 Å². The minimum absolute atomic E-state index is 0.00999. The molecule has 7 heteroatoms. The highest BCUT2D eigenvalue weighted by atomic mass is 35.5. The number of fused-ring (bicyclic) bond motifs is 1. The molecule has 1 aliphatic rings. The number of carbonyl (C=O) groups is 1. The van der Waals surface area contributed by atoms with Crippen LogP contribution in [0.25, 0.3) is 0 Å². The van der Waals surface area contributed by atoms with Gasteiger partial charge in [0.05, 0.1) is 12.3 Å². The lowest BCUT2D eigenvalue weighted by Gasteiger charge is -2.22. The van der Waals surface area contributed by atoms with E-state index >= 15 is 0 Å². The molecule has 2 heterocycles. The molecule has 0 saturated carbocycles. The third kappa shape index (κ3) is 4.24. The standard InChI is InChI=1S/C21H19ClN2O2S2/c22-15-9-7-14(8-10-15)19(25)13-28-20-17-5-1-2-6-18(17)24(21(26)23-20)12-16-4-3-11-27-16/h3-4,7-11H,1-2,5-6,12-13H2. The van der Waals surface area contributed by atoms with Crippen LogP contribution in [-0.4, -0.2) is 21.1 Å². The van der Waals surface area contributed by atoms with E-state index in [1.807, 2.05) is 22.1 Å². The van der Waals surface area contributed by atoms with Crippen LogP contribution in [0, 0.1) is 0 Å². The van der Waals surface area contributed by atoms with Gasteiger partial charge in [-0.05, 0) is 61.4 Å². The monoisotopic (exact) mass is 430 g/mol. The number of Topliss-reactive ketones (excluding diaryl/α,β-unsaturated/α-hetero) is 1. The van der Waals surface area contributed by atoms with Gasteiger partial charge in [-0.1, -0.05) is 29.4 Å². The molecule has 4 nitrogen and oxygen atoms in total. The predicted octanol–water partition coefficient (Wildman–Crippen LogP) is 4.86. The van der Waals surface area contributed by atoms with E-state index in [2.05, 4.69) is 4.98 Å². The van der Waals surface area contributed by atoms with Crippen molar-refractivity contribution < 1.29 is 4.79 Å². The highest BCUT2D eigenvalue weighted by Crippen LogP contribution is 2.29. The van der Waals surface area contributed by atoms with E-state index in [1.54, 1.807) is 35.6 Å². The number of benzene rings is 1. The minimum Gasteiger partial charge on any atom is -0.293 e. The Bertz CT molecular complexity index is 1040. The van der Waals surface area contributed by atoms with Crippen LogP contribution in [0.2, 0.25) is 5.02 Å². The van der Waals surface area contributed by atoms with Crippen molar-refractivity contribution in [1.29, 1.82) is 0 Å². The normalized spacial score (nSPS) is 13.3. The number of aromatic nitrogens is 2. The van der Waals surface area contributed by atoms with E-state index in [9.17, 15) is 9.59 Å². The zero-order valence-electron chi connectivity index (χ0n) is 15.2. The fourth-order valence-electron chi connectivity index (χ4n) is 3.44. The Morgan fingerprint density at radius 1 is 1.18 bits per heavy atom. The molecule has 0 saturated heterocycles. The first kappa shape index (κ1) is 19.4. The van der Waals surface area contributed by atoms with Crippen LogP contribution in [0.3, 0.4) is 0 Å². The van der Waals surface area contributed by atoms with Crippen LogP contribution in [0.15, 0.2) is 51.6 Å². The Kier molecular flexibility index (Phi) is 5.99. The summed E-state index contributed by atoms with van der Waals surface area (Å²) in [6, 6.07) is 10.9. The molecular formula is C21H19ClN2O2S2. The molecule has 144 valence electrons. The second-order valence-electron chi connectivity index (χ2n) is 6.72. The number of carbonyl (C=O) groups excluding carboxylic acids is 1. The summed E-state index contributed by atoms with van der Waals surface area (Å²) in [5, 5.41) is 3.34. The van der Waals surface area contributed by atoms with Crippen LogP contribution in [0.5, 0.6) is 0 Å². The average Bonchev–Trinajstić information content (AvgIpc) is 3.22. The van der Waals surface area contributed by atoms with Crippen LogP contribution < -0.4 is 5.69 Å². The van der Waals surface area contributed by atoms with Crippen LogP contribution in [0.4, 0.5) is 0 Å². The Morgan fingerprint density at radius 3 is 2.71 bits per heavy atom. The fourth-order valence-corrected chi connectivity index (χ4v) is 5.23. The molecule has 0 atom stereocenters. The summed E-state index contributed by atoms with van der Waals surface area (Å²) in [6.07, 6.45) is 3.96. The predicted molar refractivity (Wildman–Crippen MR) is 115 cm³/mol. The first-order valence-electron chi connectivity index (χ1n) is 9.18. The summed E-state index contributed by atoms with van der Waals surface area (Å²) in [5.41, 5.74) is 2.62. The maximum Gasteiger partial charge on any atom is 0.349 e. The topological polar surface area (TPSA) is 52.0 Å². The lowest BCUT2D eigenvalue weighted by atomic mass is 9.97. The summed E-state index contributed by atoms with van der Waals surface area (Å²) in [4.78, 5) is 30.7. The number of hydrogen-bond acceptors (Lipinski definition) is 5. The van der Waals surface area contributed by atoms with Crippen molar-refractivity contribution in [3.8, 4) is 0 Å². The number of halogens is 1. The third-order valence-electron chi connectivity index (χ3n) is 4.85. The number of thiophene rings is 1. The lowest BCUT2D eigenvalue weighted by molar-refractivity contribution is 0.102. The van der Waals surface area contributed by atoms with E-state index < -0.39 is 0 Å². The van der Waals surface area contributed by atoms with Gasteiger partial charge < -0.3 is 0 Å². The number of nitrogens with zero attached hydrogens (tertiary/aromatic N) is 2. The van der Waals surface area contributed by atoms with Crippen molar-refractivity contribution >= 4 is 40.5 Å². The van der Waals surface area contributed by atoms with Crippen LogP contribution in [0.1, 0.15) is 39.3 Å². The van der Waals surface area contributed by atoms with Crippen molar-refractivity contribution in [2.45, 2.75) is 37.3 Å². The summed E-state index contributed by atoms with van der Waals surface area (Å²) in [6.45, 7) is 0.570. The zero-order chi connectivity index (χ0) is 19.5. The molecular weight excluding hydrogens is 412 g/mol. The zero-order valence-corrected chi connectivity index (χ0v) is 17.6. The van der Waals surface area contributed by atoms with Crippen LogP contribution >= 0.6 is 34.7 Å². The SMILES string of the molecule is O=C(CSc1nc(=O)n(Cc2cccs2)c2c1CCCC2)c1ccc(Cl)cc1. The molecule has 0 fully saturated rings. The largest absolute Gasteiger partial charge is 0.349 e.